The van der Waals surface area contributed by atoms with Crippen molar-refractivity contribution in [3.63, 3.8) is 0 Å². The number of thiazole rings is 2. The number of pyridine rings is 2. The molecule has 0 atom stereocenters. The van der Waals surface area contributed by atoms with Gasteiger partial charge in [0.05, 0.1) is 25.2 Å². The Labute approximate surface area is 368 Å². The van der Waals surface area contributed by atoms with Crippen LogP contribution in [0.1, 0.15) is 32.1 Å². The van der Waals surface area contributed by atoms with Crippen molar-refractivity contribution in [1.29, 1.82) is 0 Å². The monoisotopic (exact) mass is 958 g/mol. The molecule has 306 valence electrons. The summed E-state index contributed by atoms with van der Waals surface area (Å²) in [4.78, 5) is 52.9. The first-order chi connectivity index (χ1) is 28.8. The predicted molar refractivity (Wildman–Crippen MR) is 239 cm³/mol. The number of methoxy groups -OCH3 is 1. The Hall–Kier alpha value is -4.62. The van der Waals surface area contributed by atoms with Gasteiger partial charge >= 0.3 is 0 Å². The molecule has 0 unspecified atom stereocenters. The van der Waals surface area contributed by atoms with Gasteiger partial charge in [0, 0.05) is 89.9 Å². The molecule has 2 aliphatic heterocycles. The SMILES string of the molecule is COCn1cc(Br)sc1=Nc1cccc(CN2CCN(C(=O)c3ccccc3)CC2)n1.O=C(c1ccccc1)N1CCN(Cc2cccc(Nc3ncc(Br)s3)n2)CC1. The van der Waals surface area contributed by atoms with Crippen molar-refractivity contribution in [2.45, 2.75) is 19.8 Å². The first-order valence-electron chi connectivity index (χ1n) is 19.1. The van der Waals surface area contributed by atoms with E-state index in [9.17, 15) is 9.59 Å². The maximum atomic E-state index is 12.6. The molecule has 13 nitrogen and oxygen atoms in total. The number of ether oxygens (including phenoxy) is 1. The fourth-order valence-electron chi connectivity index (χ4n) is 6.65. The van der Waals surface area contributed by atoms with E-state index in [1.807, 2.05) is 118 Å². The highest BCUT2D eigenvalue weighted by Crippen LogP contribution is 2.26. The van der Waals surface area contributed by atoms with E-state index in [1.54, 1.807) is 13.3 Å². The molecule has 6 heterocycles. The van der Waals surface area contributed by atoms with Crippen molar-refractivity contribution in [3.05, 3.63) is 144 Å². The predicted octanol–water partition coefficient (Wildman–Crippen LogP) is 7.50. The molecule has 2 saturated heterocycles. The summed E-state index contributed by atoms with van der Waals surface area (Å²) >= 11 is 9.99. The second-order valence-corrected chi connectivity index (χ2v) is 18.6. The van der Waals surface area contributed by atoms with Gasteiger partial charge in [-0.3, -0.25) is 24.0 Å². The number of benzene rings is 2. The van der Waals surface area contributed by atoms with Crippen LogP contribution in [0.2, 0.25) is 0 Å². The first-order valence-corrected chi connectivity index (χ1v) is 22.3. The van der Waals surface area contributed by atoms with Crippen LogP contribution in [0.5, 0.6) is 0 Å². The number of amides is 2. The van der Waals surface area contributed by atoms with Gasteiger partial charge in [-0.2, -0.15) is 0 Å². The molecule has 1 N–H and O–H groups in total. The van der Waals surface area contributed by atoms with Gasteiger partial charge in [-0.05, 0) is 80.4 Å². The Morgan fingerprint density at radius 2 is 1.25 bits per heavy atom. The molecular weight excluding hydrogens is 916 g/mol. The van der Waals surface area contributed by atoms with E-state index >= 15 is 0 Å². The lowest BCUT2D eigenvalue weighted by Gasteiger charge is -2.34. The van der Waals surface area contributed by atoms with Crippen LogP contribution in [0.15, 0.2) is 122 Å². The summed E-state index contributed by atoms with van der Waals surface area (Å²) in [6, 6.07) is 30.8. The van der Waals surface area contributed by atoms with Gasteiger partial charge < -0.3 is 19.9 Å². The number of carbonyl (C=O) groups is 2. The van der Waals surface area contributed by atoms with Crippen LogP contribution in [-0.2, 0) is 24.6 Å². The Morgan fingerprint density at radius 1 is 0.695 bits per heavy atom. The van der Waals surface area contributed by atoms with Crippen molar-refractivity contribution >= 4 is 83.1 Å². The van der Waals surface area contributed by atoms with Crippen LogP contribution in [0.4, 0.5) is 16.8 Å². The average molecular weight is 961 g/mol. The van der Waals surface area contributed by atoms with Crippen LogP contribution in [0.3, 0.4) is 0 Å². The number of piperazine rings is 2. The molecule has 6 aromatic rings. The summed E-state index contributed by atoms with van der Waals surface area (Å²) < 4.78 is 9.14. The molecule has 0 aliphatic carbocycles. The van der Waals surface area contributed by atoms with E-state index in [-0.39, 0.29) is 11.8 Å². The minimum absolute atomic E-state index is 0.102. The number of rotatable bonds is 11. The number of aromatic nitrogens is 4. The first kappa shape index (κ1) is 42.5. The van der Waals surface area contributed by atoms with Gasteiger partial charge in [0.2, 0.25) is 0 Å². The van der Waals surface area contributed by atoms with E-state index in [0.717, 1.165) is 111 Å². The normalized spacial score (nSPS) is 15.1. The lowest BCUT2D eigenvalue weighted by Crippen LogP contribution is -2.48. The summed E-state index contributed by atoms with van der Waals surface area (Å²) in [7, 11) is 1.66. The summed E-state index contributed by atoms with van der Waals surface area (Å²) in [6.07, 6.45) is 3.72. The van der Waals surface area contributed by atoms with E-state index in [1.165, 1.54) is 22.7 Å². The highest BCUT2D eigenvalue weighted by Gasteiger charge is 2.24. The third-order valence-corrected chi connectivity index (χ3v) is 12.5. The fourth-order valence-corrected chi connectivity index (χ4v) is 9.16. The highest BCUT2D eigenvalue weighted by molar-refractivity contribution is 9.11. The topological polar surface area (TPSA) is 124 Å². The van der Waals surface area contributed by atoms with E-state index in [4.69, 9.17) is 19.7 Å². The lowest BCUT2D eigenvalue weighted by molar-refractivity contribution is 0.0620. The molecule has 8 rings (SSSR count). The molecular formula is C42H44Br2N10O3S2. The molecule has 2 aromatic carbocycles. The maximum Gasteiger partial charge on any atom is 0.253 e. The van der Waals surface area contributed by atoms with Gasteiger partial charge in [0.15, 0.2) is 15.8 Å². The summed E-state index contributed by atoms with van der Waals surface area (Å²) in [6.45, 7) is 8.20. The molecule has 2 fully saturated rings. The van der Waals surface area contributed by atoms with Crippen molar-refractivity contribution in [3.8, 4) is 0 Å². The van der Waals surface area contributed by atoms with Gasteiger partial charge in [-0.1, -0.05) is 71.2 Å². The molecule has 59 heavy (non-hydrogen) atoms. The Bertz CT molecular complexity index is 2360. The third-order valence-electron chi connectivity index (χ3n) is 9.61. The van der Waals surface area contributed by atoms with E-state index < -0.39 is 0 Å². The molecule has 2 amide bonds. The third kappa shape index (κ3) is 12.2. The molecule has 2 aliphatic rings. The summed E-state index contributed by atoms with van der Waals surface area (Å²) in [5.74, 6) is 1.68. The second-order valence-electron chi connectivity index (χ2n) is 13.8. The van der Waals surface area contributed by atoms with Crippen LogP contribution in [0.25, 0.3) is 0 Å². The highest BCUT2D eigenvalue weighted by atomic mass is 79.9. The minimum atomic E-state index is 0.102. The van der Waals surface area contributed by atoms with Crippen molar-refractivity contribution in [1.82, 2.24) is 39.1 Å². The molecule has 0 saturated carbocycles. The van der Waals surface area contributed by atoms with Crippen LogP contribution in [-0.4, -0.2) is 110 Å². The van der Waals surface area contributed by atoms with Gasteiger partial charge in [-0.15, -0.1) is 0 Å². The second kappa shape index (κ2) is 21.1. The number of halogens is 2. The molecule has 4 aromatic heterocycles. The van der Waals surface area contributed by atoms with Crippen LogP contribution >= 0.6 is 54.5 Å². The van der Waals surface area contributed by atoms with Gasteiger partial charge in [0.1, 0.15) is 12.5 Å². The van der Waals surface area contributed by atoms with Crippen LogP contribution < -0.4 is 10.1 Å². The van der Waals surface area contributed by atoms with Crippen molar-refractivity contribution < 1.29 is 14.3 Å². The Balaban J connectivity index is 0.000000180. The smallest absolute Gasteiger partial charge is 0.253 e. The average Bonchev–Trinajstić information content (AvgIpc) is 3.84. The standard InChI is InChI=1S/C22H24BrN5O2S.C20H20BrN5OS/c1-30-16-28-15-19(23)31-22(28)25-20-9-5-8-18(24-20)14-26-10-12-27(13-11-26)21(29)17-6-3-2-4-7-17;21-17-13-22-20(28-17)24-18-8-4-7-16(23-18)14-25-9-11-26(12-10-25)19(27)15-5-2-1-3-6-15/h2-9,15H,10-14,16H2,1H3;1-8,13H,9-12,14H2,(H,22,23,24). The van der Waals surface area contributed by atoms with E-state index in [0.29, 0.717) is 12.5 Å². The zero-order valence-corrected chi connectivity index (χ0v) is 37.3. The number of carbonyl (C=O) groups excluding carboxylic acids is 2. The van der Waals surface area contributed by atoms with Crippen molar-refractivity contribution in [2.24, 2.45) is 4.99 Å². The maximum absolute atomic E-state index is 12.6. The van der Waals surface area contributed by atoms with Crippen LogP contribution in [0, 0.1) is 0 Å². The van der Waals surface area contributed by atoms with Crippen molar-refractivity contribution in [2.75, 3.05) is 64.8 Å². The number of nitrogens with one attached hydrogen (secondary N) is 1. The van der Waals surface area contributed by atoms with Gasteiger partial charge in [0.25, 0.3) is 11.8 Å². The zero-order chi connectivity index (χ0) is 41.0. The Morgan fingerprint density at radius 3 is 1.80 bits per heavy atom. The number of hydrogen-bond donors (Lipinski definition) is 1. The molecule has 17 heteroatoms. The largest absolute Gasteiger partial charge is 0.364 e. The molecule has 0 spiro atoms. The number of anilines is 2. The summed E-state index contributed by atoms with van der Waals surface area (Å²) in [5, 5.41) is 4.05. The quantitative estimate of drug-likeness (QED) is 0.141. The minimum Gasteiger partial charge on any atom is -0.364 e. The number of nitrogens with zero attached hydrogens (tertiary/aromatic N) is 9. The molecule has 0 radical (unpaired) electrons. The zero-order valence-electron chi connectivity index (χ0n) is 32.5. The van der Waals surface area contributed by atoms with E-state index in [2.05, 4.69) is 52.0 Å². The fraction of sp³-hybridized carbons (Fsp3) is 0.286. The Kier molecular flexibility index (Phi) is 15.2. The number of hydrogen-bond acceptors (Lipinski definition) is 12. The lowest BCUT2D eigenvalue weighted by atomic mass is 10.2. The summed E-state index contributed by atoms with van der Waals surface area (Å²) in [5.41, 5.74) is 3.48. The van der Waals surface area contributed by atoms with Gasteiger partial charge in [-0.25, -0.2) is 19.9 Å². The molecule has 0 bridgehead atoms.